The molecule has 0 spiro atoms. The molecule has 0 aromatic rings. The van der Waals surface area contributed by atoms with Crippen LogP contribution in [0, 0.1) is 17.8 Å². The van der Waals surface area contributed by atoms with Gasteiger partial charge in [-0.2, -0.15) is 0 Å². The Morgan fingerprint density at radius 1 is 1.29 bits per heavy atom. The van der Waals surface area contributed by atoms with Crippen molar-refractivity contribution in [3.05, 3.63) is 0 Å². The van der Waals surface area contributed by atoms with Gasteiger partial charge < -0.3 is 4.90 Å². The lowest BCUT2D eigenvalue weighted by atomic mass is 9.75. The highest BCUT2D eigenvalue weighted by atomic mass is 15.3. The number of hydrogen-bond donors (Lipinski definition) is 0. The van der Waals surface area contributed by atoms with Crippen LogP contribution in [-0.4, -0.2) is 24.5 Å². The Balaban J connectivity index is 1.82. The van der Waals surface area contributed by atoms with Crippen LogP contribution in [0.25, 0.3) is 0 Å². The average Bonchev–Trinajstić information content (AvgIpc) is 2.98. The summed E-state index contributed by atoms with van der Waals surface area (Å²) in [5.74, 6) is 3.04. The maximum Gasteiger partial charge on any atom is 0.0110 e. The molecule has 1 aliphatic carbocycles. The van der Waals surface area contributed by atoms with Crippen LogP contribution in [0.15, 0.2) is 0 Å². The van der Waals surface area contributed by atoms with Gasteiger partial charge in [0.1, 0.15) is 0 Å². The van der Waals surface area contributed by atoms with Crippen molar-refractivity contribution < 1.29 is 0 Å². The quantitative estimate of drug-likeness (QED) is 0.623. The van der Waals surface area contributed by atoms with Gasteiger partial charge in [0.05, 0.1) is 0 Å². The zero-order valence-electron chi connectivity index (χ0n) is 9.84. The second-order valence-electron chi connectivity index (χ2n) is 5.50. The molecular weight excluding hydrogens is 170 g/mol. The molecule has 82 valence electrons. The third-order valence-electron chi connectivity index (χ3n) is 4.20. The standard InChI is InChI=1S/C13H25N/c1-3-12(10-14-7-8-14)13-6-4-5-11(2)9-13/h11-13H,3-10H2,1-2H3/t11-,12+,13-/m0/s1. The molecule has 0 N–H and O–H groups in total. The highest BCUT2D eigenvalue weighted by Gasteiger charge is 2.29. The number of nitrogens with zero attached hydrogens (tertiary/aromatic N) is 1. The molecule has 1 aliphatic heterocycles. The Labute approximate surface area is 88.9 Å². The van der Waals surface area contributed by atoms with Crippen molar-refractivity contribution in [2.24, 2.45) is 17.8 Å². The second kappa shape index (κ2) is 4.65. The van der Waals surface area contributed by atoms with Gasteiger partial charge in [0.25, 0.3) is 0 Å². The molecule has 1 saturated carbocycles. The van der Waals surface area contributed by atoms with Gasteiger partial charge in [0.15, 0.2) is 0 Å². The average molecular weight is 195 g/mol. The van der Waals surface area contributed by atoms with E-state index in [1.165, 1.54) is 51.7 Å². The van der Waals surface area contributed by atoms with Gasteiger partial charge in [-0.1, -0.05) is 39.5 Å². The van der Waals surface area contributed by atoms with Gasteiger partial charge in [0, 0.05) is 19.6 Å². The fraction of sp³-hybridized carbons (Fsp3) is 1.00. The van der Waals surface area contributed by atoms with Gasteiger partial charge in [0.2, 0.25) is 0 Å². The molecule has 1 saturated heterocycles. The van der Waals surface area contributed by atoms with Crippen molar-refractivity contribution in [3.8, 4) is 0 Å². The van der Waals surface area contributed by atoms with E-state index in [0.29, 0.717) is 0 Å². The van der Waals surface area contributed by atoms with E-state index in [1.54, 1.807) is 0 Å². The molecule has 0 bridgehead atoms. The highest BCUT2D eigenvalue weighted by Crippen LogP contribution is 2.35. The normalized spacial score (nSPS) is 35.6. The molecular formula is C13H25N. The molecule has 0 amide bonds. The van der Waals surface area contributed by atoms with Gasteiger partial charge in [-0.3, -0.25) is 0 Å². The molecule has 0 aromatic heterocycles. The topological polar surface area (TPSA) is 3.01 Å². The van der Waals surface area contributed by atoms with Crippen LogP contribution in [0.1, 0.15) is 46.0 Å². The van der Waals surface area contributed by atoms with Gasteiger partial charge in [-0.25, -0.2) is 0 Å². The first-order valence-corrected chi connectivity index (χ1v) is 6.52. The van der Waals surface area contributed by atoms with Crippen molar-refractivity contribution in [2.75, 3.05) is 19.6 Å². The third-order valence-corrected chi connectivity index (χ3v) is 4.20. The van der Waals surface area contributed by atoms with Crippen LogP contribution in [0.5, 0.6) is 0 Å². The Hall–Kier alpha value is -0.0400. The number of hydrogen-bond acceptors (Lipinski definition) is 1. The predicted molar refractivity (Wildman–Crippen MR) is 61.3 cm³/mol. The fourth-order valence-electron chi connectivity index (χ4n) is 3.11. The SMILES string of the molecule is CC[C@H](CN1CC1)[C@H]1CCC[C@H](C)C1. The Bertz CT molecular complexity index is 172. The van der Waals surface area contributed by atoms with Crippen molar-refractivity contribution in [1.29, 1.82) is 0 Å². The lowest BCUT2D eigenvalue weighted by Crippen LogP contribution is -2.26. The van der Waals surface area contributed by atoms with Gasteiger partial charge in [-0.15, -0.1) is 0 Å². The summed E-state index contributed by atoms with van der Waals surface area (Å²) >= 11 is 0. The second-order valence-corrected chi connectivity index (χ2v) is 5.50. The molecule has 14 heavy (non-hydrogen) atoms. The smallest absolute Gasteiger partial charge is 0.0110 e. The third kappa shape index (κ3) is 2.73. The van der Waals surface area contributed by atoms with Crippen LogP contribution < -0.4 is 0 Å². The minimum Gasteiger partial charge on any atom is -0.301 e. The van der Waals surface area contributed by atoms with Crippen LogP contribution >= 0.6 is 0 Å². The van der Waals surface area contributed by atoms with E-state index in [1.807, 2.05) is 0 Å². The van der Waals surface area contributed by atoms with E-state index in [9.17, 15) is 0 Å². The molecule has 2 aliphatic rings. The van der Waals surface area contributed by atoms with Crippen LogP contribution in [0.3, 0.4) is 0 Å². The molecule has 0 radical (unpaired) electrons. The first-order chi connectivity index (χ1) is 6.79. The molecule has 1 nitrogen and oxygen atoms in total. The van der Waals surface area contributed by atoms with E-state index >= 15 is 0 Å². The molecule has 2 rings (SSSR count). The van der Waals surface area contributed by atoms with Crippen LogP contribution in [-0.2, 0) is 0 Å². The summed E-state index contributed by atoms with van der Waals surface area (Å²) in [6, 6.07) is 0. The summed E-state index contributed by atoms with van der Waals surface area (Å²) in [5.41, 5.74) is 0. The summed E-state index contributed by atoms with van der Waals surface area (Å²) in [4.78, 5) is 2.60. The largest absolute Gasteiger partial charge is 0.301 e. The van der Waals surface area contributed by atoms with Crippen molar-refractivity contribution >= 4 is 0 Å². The van der Waals surface area contributed by atoms with E-state index < -0.39 is 0 Å². The molecule has 3 atom stereocenters. The summed E-state index contributed by atoms with van der Waals surface area (Å²) in [6.45, 7) is 8.97. The predicted octanol–water partition coefficient (Wildman–Crippen LogP) is 3.15. The first kappa shape index (κ1) is 10.5. The molecule has 2 fully saturated rings. The Morgan fingerprint density at radius 2 is 2.07 bits per heavy atom. The van der Waals surface area contributed by atoms with E-state index in [0.717, 1.165) is 17.8 Å². The maximum atomic E-state index is 2.60. The summed E-state index contributed by atoms with van der Waals surface area (Å²) in [5, 5.41) is 0. The molecule has 0 aromatic carbocycles. The Morgan fingerprint density at radius 3 is 2.64 bits per heavy atom. The monoisotopic (exact) mass is 195 g/mol. The van der Waals surface area contributed by atoms with Gasteiger partial charge >= 0.3 is 0 Å². The number of rotatable bonds is 4. The first-order valence-electron chi connectivity index (χ1n) is 6.52. The van der Waals surface area contributed by atoms with Crippen molar-refractivity contribution in [2.45, 2.75) is 46.0 Å². The van der Waals surface area contributed by atoms with Crippen molar-refractivity contribution in [1.82, 2.24) is 4.90 Å². The van der Waals surface area contributed by atoms with Gasteiger partial charge in [-0.05, 0) is 24.2 Å². The zero-order chi connectivity index (χ0) is 9.97. The highest BCUT2D eigenvalue weighted by molar-refractivity contribution is 4.82. The molecule has 1 heterocycles. The van der Waals surface area contributed by atoms with Crippen LogP contribution in [0.2, 0.25) is 0 Å². The maximum absolute atomic E-state index is 2.60. The summed E-state index contributed by atoms with van der Waals surface area (Å²) < 4.78 is 0. The molecule has 1 heteroatoms. The van der Waals surface area contributed by atoms with E-state index in [4.69, 9.17) is 0 Å². The summed E-state index contributed by atoms with van der Waals surface area (Å²) in [7, 11) is 0. The molecule has 0 unspecified atom stereocenters. The van der Waals surface area contributed by atoms with Crippen LogP contribution in [0.4, 0.5) is 0 Å². The Kier molecular flexibility index (Phi) is 3.48. The zero-order valence-corrected chi connectivity index (χ0v) is 9.84. The van der Waals surface area contributed by atoms with Crippen molar-refractivity contribution in [3.63, 3.8) is 0 Å². The fourth-order valence-corrected chi connectivity index (χ4v) is 3.11. The van der Waals surface area contributed by atoms with E-state index in [2.05, 4.69) is 18.7 Å². The lowest BCUT2D eigenvalue weighted by molar-refractivity contribution is 0.182. The minimum atomic E-state index is 0.997. The minimum absolute atomic E-state index is 0.997. The summed E-state index contributed by atoms with van der Waals surface area (Å²) in [6.07, 6.45) is 7.38. The van der Waals surface area contributed by atoms with E-state index in [-0.39, 0.29) is 0 Å². The lowest BCUT2D eigenvalue weighted by Gasteiger charge is -2.33.